The van der Waals surface area contributed by atoms with Gasteiger partial charge in [-0.3, -0.25) is 5.32 Å². The second-order valence-electron chi connectivity index (χ2n) is 6.03. The highest BCUT2D eigenvalue weighted by molar-refractivity contribution is 5.92. The number of aromatic nitrogens is 2. The molecule has 1 fully saturated rings. The zero-order valence-corrected chi connectivity index (χ0v) is 13.4. The fourth-order valence-electron chi connectivity index (χ4n) is 3.63. The van der Waals surface area contributed by atoms with E-state index in [1.165, 1.54) is 19.4 Å². The number of halogens is 1. The van der Waals surface area contributed by atoms with Crippen molar-refractivity contribution >= 4 is 17.8 Å². The predicted octanol–water partition coefficient (Wildman–Crippen LogP) is 2.29. The number of hydrogen-bond acceptors (Lipinski definition) is 6. The molecule has 0 radical (unpaired) electrons. The zero-order valence-electron chi connectivity index (χ0n) is 13.4. The fourth-order valence-corrected chi connectivity index (χ4v) is 3.63. The lowest BCUT2D eigenvalue weighted by Gasteiger charge is -2.35. The number of esters is 1. The van der Waals surface area contributed by atoms with Crippen molar-refractivity contribution in [1.29, 1.82) is 0 Å². The van der Waals surface area contributed by atoms with Crippen LogP contribution in [0, 0.1) is 5.95 Å². The number of carbonyl (C=O) groups excluding carboxylic acids is 2. The van der Waals surface area contributed by atoms with Crippen molar-refractivity contribution in [2.45, 2.75) is 31.3 Å². The Labute approximate surface area is 141 Å². The standard InChI is InChI=1S/C16H15FN4O4/c1-24-15(22)12-7-13(20-25-12)19-16(23)21-8-2-3-11(21)9-4-5-18-14(17)10(9)6-8/h4-5,7-8,11H,2-3,6H2,1H3,(H,19,20,23)/t8-,11+/m1/s1. The van der Waals surface area contributed by atoms with Gasteiger partial charge in [0.25, 0.3) is 0 Å². The number of methoxy groups -OCH3 is 1. The fraction of sp³-hybridized carbons (Fsp3) is 0.375. The maximum Gasteiger partial charge on any atom is 0.376 e. The Morgan fingerprint density at radius 3 is 3.08 bits per heavy atom. The van der Waals surface area contributed by atoms with Gasteiger partial charge < -0.3 is 14.2 Å². The van der Waals surface area contributed by atoms with Crippen molar-refractivity contribution in [1.82, 2.24) is 15.0 Å². The summed E-state index contributed by atoms with van der Waals surface area (Å²) in [6.45, 7) is 0. The number of anilines is 1. The first kappa shape index (κ1) is 15.6. The van der Waals surface area contributed by atoms with E-state index >= 15 is 0 Å². The maximum atomic E-state index is 13.9. The van der Waals surface area contributed by atoms with Crippen molar-refractivity contribution in [3.8, 4) is 0 Å². The number of amides is 2. The van der Waals surface area contributed by atoms with Crippen LogP contribution in [0.1, 0.15) is 40.6 Å². The van der Waals surface area contributed by atoms with Crippen LogP contribution < -0.4 is 5.32 Å². The number of urea groups is 1. The Morgan fingerprint density at radius 1 is 1.44 bits per heavy atom. The maximum absolute atomic E-state index is 13.9. The molecular weight excluding hydrogens is 331 g/mol. The number of rotatable bonds is 2. The van der Waals surface area contributed by atoms with Gasteiger partial charge in [0.15, 0.2) is 5.82 Å². The first-order valence-electron chi connectivity index (χ1n) is 7.86. The van der Waals surface area contributed by atoms with Gasteiger partial charge in [-0.05, 0) is 30.9 Å². The second-order valence-corrected chi connectivity index (χ2v) is 6.03. The van der Waals surface area contributed by atoms with E-state index in [0.29, 0.717) is 12.0 Å². The molecule has 0 aromatic carbocycles. The quantitative estimate of drug-likeness (QED) is 0.662. The average Bonchev–Trinajstić information content (AvgIpc) is 3.19. The first-order valence-corrected chi connectivity index (χ1v) is 7.86. The third-order valence-corrected chi connectivity index (χ3v) is 4.71. The van der Waals surface area contributed by atoms with Gasteiger partial charge in [-0.25, -0.2) is 14.6 Å². The van der Waals surface area contributed by atoms with Crippen molar-refractivity contribution in [3.63, 3.8) is 0 Å². The first-order chi connectivity index (χ1) is 12.1. The van der Waals surface area contributed by atoms with Crippen LogP contribution in [0.3, 0.4) is 0 Å². The number of fused-ring (bicyclic) bond motifs is 4. The van der Waals surface area contributed by atoms with Gasteiger partial charge in [0.2, 0.25) is 11.7 Å². The summed E-state index contributed by atoms with van der Waals surface area (Å²) in [5.41, 5.74) is 1.39. The molecule has 2 amide bonds. The van der Waals surface area contributed by atoms with E-state index in [-0.39, 0.29) is 29.7 Å². The molecule has 0 unspecified atom stereocenters. The molecule has 2 bridgehead atoms. The number of pyridine rings is 1. The number of nitrogens with zero attached hydrogens (tertiary/aromatic N) is 3. The van der Waals surface area contributed by atoms with Gasteiger partial charge in [0.1, 0.15) is 0 Å². The molecule has 1 N–H and O–H groups in total. The van der Waals surface area contributed by atoms with E-state index in [1.54, 1.807) is 11.0 Å². The monoisotopic (exact) mass is 346 g/mol. The highest BCUT2D eigenvalue weighted by Crippen LogP contribution is 2.44. The van der Waals surface area contributed by atoms with Crippen molar-refractivity contribution in [2.75, 3.05) is 12.4 Å². The van der Waals surface area contributed by atoms with E-state index in [9.17, 15) is 14.0 Å². The summed E-state index contributed by atoms with van der Waals surface area (Å²) in [5, 5.41) is 6.27. The summed E-state index contributed by atoms with van der Waals surface area (Å²) in [6.07, 6.45) is 3.41. The minimum Gasteiger partial charge on any atom is -0.463 e. The molecule has 0 aliphatic carbocycles. The summed E-state index contributed by atoms with van der Waals surface area (Å²) in [5.74, 6) is -1.12. The summed E-state index contributed by atoms with van der Waals surface area (Å²) >= 11 is 0. The molecule has 1 saturated heterocycles. The van der Waals surface area contributed by atoms with E-state index in [0.717, 1.165) is 18.4 Å². The van der Waals surface area contributed by atoms with E-state index in [4.69, 9.17) is 4.52 Å². The van der Waals surface area contributed by atoms with Crippen LogP contribution in [0.4, 0.5) is 15.0 Å². The number of nitrogens with one attached hydrogen (secondary N) is 1. The molecule has 9 heteroatoms. The largest absolute Gasteiger partial charge is 0.463 e. The SMILES string of the molecule is COC(=O)c1cc(NC(=O)N2[C@@H]3CC[C@H]2c2ccnc(F)c2C3)no1. The second kappa shape index (κ2) is 5.83. The van der Waals surface area contributed by atoms with Crippen LogP contribution in [0.25, 0.3) is 0 Å². The molecule has 2 aliphatic heterocycles. The third-order valence-electron chi connectivity index (χ3n) is 4.71. The third kappa shape index (κ3) is 2.51. The van der Waals surface area contributed by atoms with Gasteiger partial charge in [0, 0.05) is 23.9 Å². The summed E-state index contributed by atoms with van der Waals surface area (Å²) in [6, 6.07) is 2.41. The van der Waals surface area contributed by atoms with E-state index in [2.05, 4.69) is 20.2 Å². The van der Waals surface area contributed by atoms with E-state index in [1.807, 2.05) is 0 Å². The van der Waals surface area contributed by atoms with Crippen LogP contribution in [-0.2, 0) is 11.2 Å². The summed E-state index contributed by atoms with van der Waals surface area (Å²) in [4.78, 5) is 29.5. The van der Waals surface area contributed by atoms with Crippen LogP contribution >= 0.6 is 0 Å². The Bertz CT molecular complexity index is 852. The molecule has 25 heavy (non-hydrogen) atoms. The molecule has 2 aromatic rings. The zero-order chi connectivity index (χ0) is 17.6. The van der Waals surface area contributed by atoms with Gasteiger partial charge in [-0.15, -0.1) is 0 Å². The highest BCUT2D eigenvalue weighted by Gasteiger charge is 2.43. The molecule has 2 atom stereocenters. The molecule has 4 rings (SSSR count). The van der Waals surface area contributed by atoms with Crippen LogP contribution in [0.2, 0.25) is 0 Å². The van der Waals surface area contributed by atoms with E-state index < -0.39 is 11.9 Å². The molecule has 2 aromatic heterocycles. The Morgan fingerprint density at radius 2 is 2.28 bits per heavy atom. The topological polar surface area (TPSA) is 97.6 Å². The van der Waals surface area contributed by atoms with Crippen LogP contribution in [0.15, 0.2) is 22.9 Å². The van der Waals surface area contributed by atoms with Gasteiger partial charge in [-0.1, -0.05) is 5.16 Å². The number of carbonyl (C=O) groups is 2. The Kier molecular flexibility index (Phi) is 3.63. The number of hydrogen-bond donors (Lipinski definition) is 1. The lowest BCUT2D eigenvalue weighted by molar-refractivity contribution is 0.0554. The highest BCUT2D eigenvalue weighted by atomic mass is 19.1. The minimum atomic E-state index is -0.678. The molecule has 8 nitrogen and oxygen atoms in total. The Balaban J connectivity index is 1.55. The molecule has 130 valence electrons. The summed E-state index contributed by atoms with van der Waals surface area (Å²) < 4.78 is 23.3. The predicted molar refractivity (Wildman–Crippen MR) is 82.4 cm³/mol. The Hall–Kier alpha value is -2.97. The van der Waals surface area contributed by atoms with Crippen LogP contribution in [-0.4, -0.2) is 40.2 Å². The molecular formula is C16H15FN4O4. The molecule has 4 heterocycles. The van der Waals surface area contributed by atoms with Crippen molar-refractivity contribution < 1.29 is 23.2 Å². The van der Waals surface area contributed by atoms with Crippen LogP contribution in [0.5, 0.6) is 0 Å². The lowest BCUT2D eigenvalue weighted by atomic mass is 9.95. The van der Waals surface area contributed by atoms with Gasteiger partial charge in [0.05, 0.1) is 13.2 Å². The lowest BCUT2D eigenvalue weighted by Crippen LogP contribution is -2.44. The van der Waals surface area contributed by atoms with Crippen molar-refractivity contribution in [2.24, 2.45) is 0 Å². The average molecular weight is 346 g/mol. The molecule has 2 aliphatic rings. The van der Waals surface area contributed by atoms with Gasteiger partial charge >= 0.3 is 12.0 Å². The molecule has 0 spiro atoms. The summed E-state index contributed by atoms with van der Waals surface area (Å²) in [7, 11) is 1.22. The normalized spacial score (nSPS) is 21.0. The minimum absolute atomic E-state index is 0.0943. The smallest absolute Gasteiger partial charge is 0.376 e. The molecule has 0 saturated carbocycles. The number of ether oxygens (including phenoxy) is 1. The van der Waals surface area contributed by atoms with Crippen molar-refractivity contribution in [3.05, 3.63) is 41.2 Å². The van der Waals surface area contributed by atoms with Gasteiger partial charge in [-0.2, -0.15) is 4.39 Å².